The highest BCUT2D eigenvalue weighted by atomic mass is 32.1. The van der Waals surface area contributed by atoms with Gasteiger partial charge in [0, 0.05) is 13.7 Å². The van der Waals surface area contributed by atoms with E-state index < -0.39 is 17.8 Å². The molecular weight excluding hydrogens is 393 g/mol. The Morgan fingerprint density at radius 3 is 2.82 bits per heavy atom. The van der Waals surface area contributed by atoms with E-state index in [0.29, 0.717) is 6.54 Å². The monoisotopic (exact) mass is 414 g/mol. The summed E-state index contributed by atoms with van der Waals surface area (Å²) >= 11 is 1.55. The van der Waals surface area contributed by atoms with Crippen molar-refractivity contribution in [1.82, 2.24) is 4.90 Å². The second-order valence-corrected chi connectivity index (χ2v) is 7.17. The number of halogens is 3. The molecule has 1 N–H and O–H groups in total. The van der Waals surface area contributed by atoms with Gasteiger partial charge in [-0.1, -0.05) is 0 Å². The van der Waals surface area contributed by atoms with Crippen LogP contribution >= 0.6 is 11.3 Å². The SMILES string of the molecule is COCCOc1ccc(C(F)(F)F)cc1NC(=O)N1CCCC1c1ccsc1. The van der Waals surface area contributed by atoms with Gasteiger partial charge >= 0.3 is 12.2 Å². The Balaban J connectivity index is 1.81. The van der Waals surface area contributed by atoms with E-state index in [1.807, 2.05) is 16.8 Å². The molecule has 0 bridgehead atoms. The number of methoxy groups -OCH3 is 1. The number of hydrogen-bond acceptors (Lipinski definition) is 4. The molecule has 1 aromatic carbocycles. The summed E-state index contributed by atoms with van der Waals surface area (Å²) in [5.41, 5.74) is 0.183. The number of carbonyl (C=O) groups is 1. The Morgan fingerprint density at radius 1 is 1.32 bits per heavy atom. The van der Waals surface area contributed by atoms with Gasteiger partial charge in [0.1, 0.15) is 12.4 Å². The highest BCUT2D eigenvalue weighted by Gasteiger charge is 2.33. The molecule has 0 radical (unpaired) electrons. The number of carbonyl (C=O) groups excluding carboxylic acids is 1. The van der Waals surface area contributed by atoms with Gasteiger partial charge in [0.15, 0.2) is 0 Å². The van der Waals surface area contributed by atoms with Gasteiger partial charge in [0.05, 0.1) is 23.9 Å². The quantitative estimate of drug-likeness (QED) is 0.664. The van der Waals surface area contributed by atoms with Crippen LogP contribution in [0.25, 0.3) is 0 Å². The molecule has 1 saturated heterocycles. The molecule has 1 atom stereocenters. The minimum Gasteiger partial charge on any atom is -0.489 e. The topological polar surface area (TPSA) is 50.8 Å². The number of nitrogens with one attached hydrogen (secondary N) is 1. The normalized spacial score (nSPS) is 17.0. The Morgan fingerprint density at radius 2 is 2.14 bits per heavy atom. The van der Waals surface area contributed by atoms with Gasteiger partial charge in [-0.05, 0) is 53.4 Å². The van der Waals surface area contributed by atoms with Crippen molar-refractivity contribution in [3.63, 3.8) is 0 Å². The number of urea groups is 1. The molecule has 1 aliphatic rings. The Kier molecular flexibility index (Phi) is 6.46. The van der Waals surface area contributed by atoms with E-state index >= 15 is 0 Å². The molecular formula is C19H21F3N2O3S. The number of likely N-dealkylation sites (tertiary alicyclic amines) is 1. The third-order valence-electron chi connectivity index (χ3n) is 4.54. The number of rotatable bonds is 6. The van der Waals surface area contributed by atoms with Crippen molar-refractivity contribution in [3.8, 4) is 5.75 Å². The first-order chi connectivity index (χ1) is 13.4. The van der Waals surface area contributed by atoms with Crippen LogP contribution in [-0.2, 0) is 10.9 Å². The lowest BCUT2D eigenvalue weighted by atomic mass is 10.1. The largest absolute Gasteiger partial charge is 0.489 e. The molecule has 3 rings (SSSR count). The first-order valence-electron chi connectivity index (χ1n) is 8.83. The van der Waals surface area contributed by atoms with Crippen molar-refractivity contribution in [2.24, 2.45) is 0 Å². The summed E-state index contributed by atoms with van der Waals surface area (Å²) in [5, 5.41) is 6.54. The zero-order chi connectivity index (χ0) is 20.1. The third-order valence-corrected chi connectivity index (χ3v) is 5.24. The number of alkyl halides is 3. The van der Waals surface area contributed by atoms with E-state index in [4.69, 9.17) is 9.47 Å². The summed E-state index contributed by atoms with van der Waals surface area (Å²) in [5.74, 6) is 0.171. The summed E-state index contributed by atoms with van der Waals surface area (Å²) in [6.07, 6.45) is -2.85. The van der Waals surface area contributed by atoms with Crippen molar-refractivity contribution in [1.29, 1.82) is 0 Å². The zero-order valence-electron chi connectivity index (χ0n) is 15.3. The maximum absolute atomic E-state index is 13.1. The lowest BCUT2D eigenvalue weighted by Gasteiger charge is -2.25. The number of thiophene rings is 1. The lowest BCUT2D eigenvalue weighted by molar-refractivity contribution is -0.137. The molecule has 2 amide bonds. The van der Waals surface area contributed by atoms with Gasteiger partial charge in [-0.15, -0.1) is 0 Å². The van der Waals surface area contributed by atoms with Gasteiger partial charge in [0.25, 0.3) is 0 Å². The summed E-state index contributed by atoms with van der Waals surface area (Å²) in [6.45, 7) is 0.984. The van der Waals surface area contributed by atoms with Crippen LogP contribution in [0.15, 0.2) is 35.0 Å². The molecule has 2 heterocycles. The number of ether oxygens (including phenoxy) is 2. The highest BCUT2D eigenvalue weighted by Crippen LogP contribution is 2.37. The smallest absolute Gasteiger partial charge is 0.416 e. The summed E-state index contributed by atoms with van der Waals surface area (Å²) in [4.78, 5) is 14.5. The average Bonchev–Trinajstić information content (AvgIpc) is 3.33. The Labute approximate surface area is 165 Å². The second kappa shape index (κ2) is 8.83. The maximum atomic E-state index is 13.1. The number of hydrogen-bond donors (Lipinski definition) is 1. The van der Waals surface area contributed by atoms with Crippen LogP contribution in [0.2, 0.25) is 0 Å². The molecule has 1 aliphatic heterocycles. The minimum atomic E-state index is -4.52. The first kappa shape index (κ1) is 20.5. The Hall–Kier alpha value is -2.26. The standard InChI is InChI=1S/C19H21F3N2O3S/c1-26-8-9-27-17-5-4-14(19(20,21)22)11-15(17)23-18(25)24-7-2-3-16(24)13-6-10-28-12-13/h4-6,10-12,16H,2-3,7-9H2,1H3,(H,23,25). The fraction of sp³-hybridized carbons (Fsp3) is 0.421. The van der Waals surface area contributed by atoms with Crippen LogP contribution in [0.4, 0.5) is 23.7 Å². The third kappa shape index (κ3) is 4.77. The van der Waals surface area contributed by atoms with Gasteiger partial charge in [-0.25, -0.2) is 4.79 Å². The van der Waals surface area contributed by atoms with Gasteiger partial charge in [-0.2, -0.15) is 24.5 Å². The maximum Gasteiger partial charge on any atom is 0.416 e. The van der Waals surface area contributed by atoms with Crippen LogP contribution < -0.4 is 10.1 Å². The van der Waals surface area contributed by atoms with Gasteiger partial charge in [-0.3, -0.25) is 0 Å². The molecule has 5 nitrogen and oxygen atoms in total. The predicted octanol–water partition coefficient (Wildman–Crippen LogP) is 5.16. The molecule has 9 heteroatoms. The molecule has 1 aromatic heterocycles. The van der Waals surface area contributed by atoms with Gasteiger partial charge < -0.3 is 19.7 Å². The second-order valence-electron chi connectivity index (χ2n) is 6.39. The van der Waals surface area contributed by atoms with E-state index in [9.17, 15) is 18.0 Å². The van der Waals surface area contributed by atoms with Crippen molar-refractivity contribution < 1.29 is 27.4 Å². The first-order valence-corrected chi connectivity index (χ1v) is 9.77. The number of amides is 2. The molecule has 0 spiro atoms. The van der Waals surface area contributed by atoms with E-state index in [2.05, 4.69) is 5.32 Å². The molecule has 1 unspecified atom stereocenters. The number of anilines is 1. The van der Waals surface area contributed by atoms with Crippen LogP contribution in [-0.4, -0.2) is 37.8 Å². The summed E-state index contributed by atoms with van der Waals surface area (Å²) in [6, 6.07) is 4.50. The summed E-state index contributed by atoms with van der Waals surface area (Å²) in [7, 11) is 1.50. The van der Waals surface area contributed by atoms with E-state index in [1.54, 1.807) is 16.2 Å². The van der Waals surface area contributed by atoms with Crippen LogP contribution in [0, 0.1) is 0 Å². The van der Waals surface area contributed by atoms with E-state index in [1.165, 1.54) is 13.2 Å². The zero-order valence-corrected chi connectivity index (χ0v) is 16.1. The summed E-state index contributed by atoms with van der Waals surface area (Å²) < 4.78 is 49.7. The molecule has 152 valence electrons. The molecule has 28 heavy (non-hydrogen) atoms. The Bertz CT molecular complexity index is 796. The van der Waals surface area contributed by atoms with Crippen molar-refractivity contribution >= 4 is 23.1 Å². The van der Waals surface area contributed by atoms with Crippen LogP contribution in [0.1, 0.15) is 30.0 Å². The fourth-order valence-corrected chi connectivity index (χ4v) is 3.88. The van der Waals surface area contributed by atoms with Gasteiger partial charge in [0.2, 0.25) is 0 Å². The number of nitrogens with zero attached hydrogens (tertiary/aromatic N) is 1. The molecule has 0 aliphatic carbocycles. The predicted molar refractivity (Wildman–Crippen MR) is 101 cm³/mol. The van der Waals surface area contributed by atoms with Crippen LogP contribution in [0.3, 0.4) is 0 Å². The van der Waals surface area contributed by atoms with Crippen molar-refractivity contribution in [2.45, 2.75) is 25.1 Å². The fourth-order valence-electron chi connectivity index (χ4n) is 3.17. The molecule has 1 fully saturated rings. The lowest BCUT2D eigenvalue weighted by Crippen LogP contribution is -2.34. The van der Waals surface area contributed by atoms with E-state index in [-0.39, 0.29) is 30.7 Å². The number of benzene rings is 1. The highest BCUT2D eigenvalue weighted by molar-refractivity contribution is 7.08. The molecule has 2 aromatic rings. The van der Waals surface area contributed by atoms with Crippen molar-refractivity contribution in [2.75, 3.05) is 32.2 Å². The minimum absolute atomic E-state index is 0.00750. The van der Waals surface area contributed by atoms with Crippen molar-refractivity contribution in [3.05, 3.63) is 46.2 Å². The molecule has 0 saturated carbocycles. The average molecular weight is 414 g/mol. The van der Waals surface area contributed by atoms with Crippen LogP contribution in [0.5, 0.6) is 5.75 Å². The van der Waals surface area contributed by atoms with E-state index in [0.717, 1.165) is 30.5 Å².